The summed E-state index contributed by atoms with van der Waals surface area (Å²) < 4.78 is 5.16. The van der Waals surface area contributed by atoms with Gasteiger partial charge in [0.05, 0.1) is 23.1 Å². The number of carbonyl (C=O) groups excluding carboxylic acids is 4. The monoisotopic (exact) mass is 625 g/mol. The predicted molar refractivity (Wildman–Crippen MR) is 173 cm³/mol. The minimum atomic E-state index is -0.656. The van der Waals surface area contributed by atoms with Gasteiger partial charge in [-0.25, -0.2) is 4.90 Å². The Hall–Kier alpha value is -4.86. The SMILES string of the molecule is COc1ccc(N2C(=O)CC(Sc3cccc(NC(=O)C(=Cc4ccc(C)cc4)NC(=O)c4ccccc4)c3)C2=O)cc1Cl. The molecule has 0 bridgehead atoms. The first-order valence-corrected chi connectivity index (χ1v) is 14.9. The fraction of sp³-hybridized carbons (Fsp3) is 0.118. The van der Waals surface area contributed by atoms with E-state index >= 15 is 0 Å². The van der Waals surface area contributed by atoms with Crippen LogP contribution >= 0.6 is 23.4 Å². The van der Waals surface area contributed by atoms with Crippen LogP contribution in [0.3, 0.4) is 0 Å². The van der Waals surface area contributed by atoms with Gasteiger partial charge in [0.25, 0.3) is 11.8 Å². The second-order valence-electron chi connectivity index (χ2n) is 9.97. The molecule has 2 N–H and O–H groups in total. The van der Waals surface area contributed by atoms with Gasteiger partial charge in [0, 0.05) is 22.6 Å². The molecule has 0 aromatic heterocycles. The highest BCUT2D eigenvalue weighted by Crippen LogP contribution is 2.37. The molecule has 0 saturated carbocycles. The lowest BCUT2D eigenvalue weighted by Crippen LogP contribution is -2.31. The number of methoxy groups -OCH3 is 1. The summed E-state index contributed by atoms with van der Waals surface area (Å²) >= 11 is 7.45. The fourth-order valence-electron chi connectivity index (χ4n) is 4.54. The number of thioether (sulfide) groups is 1. The van der Waals surface area contributed by atoms with Crippen LogP contribution in [0.25, 0.3) is 6.08 Å². The summed E-state index contributed by atoms with van der Waals surface area (Å²) in [4.78, 5) is 54.3. The molecular formula is C34H28ClN3O5S. The van der Waals surface area contributed by atoms with E-state index in [0.29, 0.717) is 32.6 Å². The molecule has 4 amide bonds. The number of halogens is 1. The van der Waals surface area contributed by atoms with Gasteiger partial charge < -0.3 is 15.4 Å². The van der Waals surface area contributed by atoms with Gasteiger partial charge in [0.1, 0.15) is 11.4 Å². The Labute approximate surface area is 264 Å². The Bertz CT molecular complexity index is 1760. The topological polar surface area (TPSA) is 105 Å². The predicted octanol–water partition coefficient (Wildman–Crippen LogP) is 6.49. The van der Waals surface area contributed by atoms with Crippen LogP contribution in [0.1, 0.15) is 27.9 Å². The first-order chi connectivity index (χ1) is 21.2. The largest absolute Gasteiger partial charge is 0.495 e. The molecule has 0 aliphatic carbocycles. The van der Waals surface area contributed by atoms with Crippen molar-refractivity contribution in [1.82, 2.24) is 5.32 Å². The molecule has 4 aromatic rings. The molecule has 0 radical (unpaired) electrons. The summed E-state index contributed by atoms with van der Waals surface area (Å²) in [6.07, 6.45) is 1.62. The quantitative estimate of drug-likeness (QED) is 0.163. The van der Waals surface area contributed by atoms with Crippen LogP contribution in [0, 0.1) is 6.92 Å². The molecule has 5 rings (SSSR count). The number of benzene rings is 4. The molecule has 4 aromatic carbocycles. The zero-order valence-corrected chi connectivity index (χ0v) is 25.4. The summed E-state index contributed by atoms with van der Waals surface area (Å²) in [5, 5.41) is 5.21. The number of hydrogen-bond donors (Lipinski definition) is 2. The number of carbonyl (C=O) groups is 4. The number of imide groups is 1. The molecule has 1 aliphatic heterocycles. The molecule has 1 heterocycles. The van der Waals surface area contributed by atoms with Gasteiger partial charge in [0.2, 0.25) is 11.8 Å². The van der Waals surface area contributed by atoms with E-state index in [4.69, 9.17) is 16.3 Å². The molecule has 1 unspecified atom stereocenters. The normalized spacial score (nSPS) is 14.8. The van der Waals surface area contributed by atoms with Crippen LogP contribution in [-0.4, -0.2) is 36.0 Å². The maximum absolute atomic E-state index is 13.4. The number of ether oxygens (including phenoxy) is 1. The maximum atomic E-state index is 13.4. The van der Waals surface area contributed by atoms with Crippen molar-refractivity contribution in [3.63, 3.8) is 0 Å². The third-order valence-electron chi connectivity index (χ3n) is 6.79. The minimum Gasteiger partial charge on any atom is -0.495 e. The van der Waals surface area contributed by atoms with Crippen molar-refractivity contribution in [2.75, 3.05) is 17.3 Å². The first kappa shape index (κ1) is 30.6. The molecule has 10 heteroatoms. The van der Waals surface area contributed by atoms with E-state index in [1.807, 2.05) is 31.2 Å². The molecule has 0 spiro atoms. The lowest BCUT2D eigenvalue weighted by atomic mass is 10.1. The van der Waals surface area contributed by atoms with E-state index in [2.05, 4.69) is 10.6 Å². The molecule has 1 saturated heterocycles. The molecule has 222 valence electrons. The lowest BCUT2D eigenvalue weighted by Gasteiger charge is -2.16. The fourth-order valence-corrected chi connectivity index (χ4v) is 5.91. The van der Waals surface area contributed by atoms with Crippen molar-refractivity contribution in [3.05, 3.63) is 124 Å². The highest BCUT2D eigenvalue weighted by atomic mass is 35.5. The van der Waals surface area contributed by atoms with Crippen LogP contribution < -0.4 is 20.3 Å². The third-order valence-corrected chi connectivity index (χ3v) is 8.26. The number of hydrogen-bond acceptors (Lipinski definition) is 6. The van der Waals surface area contributed by atoms with E-state index < -0.39 is 17.1 Å². The number of aryl methyl sites for hydroxylation is 1. The van der Waals surface area contributed by atoms with Crippen LogP contribution in [-0.2, 0) is 14.4 Å². The molecule has 1 aliphatic rings. The zero-order valence-electron chi connectivity index (χ0n) is 23.9. The van der Waals surface area contributed by atoms with E-state index in [0.717, 1.165) is 16.0 Å². The Kier molecular flexibility index (Phi) is 9.47. The molecule has 1 atom stereocenters. The van der Waals surface area contributed by atoms with Gasteiger partial charge in [0.15, 0.2) is 0 Å². The lowest BCUT2D eigenvalue weighted by molar-refractivity contribution is -0.121. The summed E-state index contributed by atoms with van der Waals surface area (Å²) in [6, 6.07) is 27.9. The number of rotatable bonds is 9. The second kappa shape index (κ2) is 13.6. The van der Waals surface area contributed by atoms with Crippen molar-refractivity contribution in [1.29, 1.82) is 0 Å². The summed E-state index contributed by atoms with van der Waals surface area (Å²) in [6.45, 7) is 1.96. The summed E-state index contributed by atoms with van der Waals surface area (Å²) in [5.41, 5.74) is 3.11. The number of nitrogens with one attached hydrogen (secondary N) is 2. The van der Waals surface area contributed by atoms with Gasteiger partial charge in [-0.1, -0.05) is 65.7 Å². The van der Waals surface area contributed by atoms with Crippen LogP contribution in [0.15, 0.2) is 108 Å². The Balaban J connectivity index is 1.32. The zero-order chi connectivity index (χ0) is 31.2. The molecule has 1 fully saturated rings. The Morgan fingerprint density at radius 2 is 1.70 bits per heavy atom. The van der Waals surface area contributed by atoms with E-state index in [1.165, 1.54) is 24.9 Å². The number of amides is 4. The minimum absolute atomic E-state index is 0.0126. The number of anilines is 2. The molecule has 44 heavy (non-hydrogen) atoms. The van der Waals surface area contributed by atoms with Gasteiger partial charge in [-0.05, 0) is 67.1 Å². The van der Waals surface area contributed by atoms with Crippen molar-refractivity contribution in [3.8, 4) is 5.75 Å². The second-order valence-corrected chi connectivity index (χ2v) is 11.7. The standard InChI is InChI=1S/C34H28ClN3O5S/c1-21-11-13-22(14-12-21)17-28(37-32(40)23-7-4-3-5-8-23)33(41)36-24-9-6-10-26(18-24)44-30-20-31(39)38(34(30)42)25-15-16-29(43-2)27(35)19-25/h3-19,30H,20H2,1-2H3,(H,36,41)(H,37,40). The molecule has 8 nitrogen and oxygen atoms in total. The van der Waals surface area contributed by atoms with Crippen LogP contribution in [0.4, 0.5) is 11.4 Å². The van der Waals surface area contributed by atoms with Gasteiger partial charge in [-0.3, -0.25) is 19.2 Å². The smallest absolute Gasteiger partial charge is 0.272 e. The summed E-state index contributed by atoms with van der Waals surface area (Å²) in [5.74, 6) is -1.20. The van der Waals surface area contributed by atoms with Crippen molar-refractivity contribution >= 4 is 64.4 Å². The highest BCUT2D eigenvalue weighted by Gasteiger charge is 2.40. The number of nitrogens with zero attached hydrogens (tertiary/aromatic N) is 1. The van der Waals surface area contributed by atoms with Crippen molar-refractivity contribution < 1.29 is 23.9 Å². The van der Waals surface area contributed by atoms with E-state index in [9.17, 15) is 19.2 Å². The third kappa shape index (κ3) is 7.19. The first-order valence-electron chi connectivity index (χ1n) is 13.6. The highest BCUT2D eigenvalue weighted by molar-refractivity contribution is 8.00. The average Bonchev–Trinajstić information content (AvgIpc) is 3.30. The van der Waals surface area contributed by atoms with E-state index in [1.54, 1.807) is 72.8 Å². The van der Waals surface area contributed by atoms with Gasteiger partial charge in [-0.15, -0.1) is 11.8 Å². The maximum Gasteiger partial charge on any atom is 0.272 e. The van der Waals surface area contributed by atoms with E-state index in [-0.39, 0.29) is 23.9 Å². The van der Waals surface area contributed by atoms with Gasteiger partial charge in [-0.2, -0.15) is 0 Å². The van der Waals surface area contributed by atoms with Gasteiger partial charge >= 0.3 is 0 Å². The molecular weight excluding hydrogens is 598 g/mol. The summed E-state index contributed by atoms with van der Waals surface area (Å²) in [7, 11) is 1.48. The van der Waals surface area contributed by atoms with Crippen LogP contribution in [0.5, 0.6) is 5.75 Å². The Morgan fingerprint density at radius 1 is 0.955 bits per heavy atom. The van der Waals surface area contributed by atoms with Crippen molar-refractivity contribution in [2.45, 2.75) is 23.5 Å². The average molecular weight is 626 g/mol. The van der Waals surface area contributed by atoms with Crippen LogP contribution in [0.2, 0.25) is 5.02 Å². The van der Waals surface area contributed by atoms with Crippen molar-refractivity contribution in [2.24, 2.45) is 0 Å². The Morgan fingerprint density at radius 3 is 2.41 bits per heavy atom.